The summed E-state index contributed by atoms with van der Waals surface area (Å²) in [6, 6.07) is 4.48. The molecule has 1 N–H and O–H groups in total. The van der Waals surface area contributed by atoms with Crippen molar-refractivity contribution >= 4 is 5.82 Å². The minimum Gasteiger partial charge on any atom is -0.351 e. The second kappa shape index (κ2) is 6.67. The summed E-state index contributed by atoms with van der Waals surface area (Å²) in [5.41, 5.74) is 0. The van der Waals surface area contributed by atoms with Crippen molar-refractivity contribution in [2.45, 2.75) is 38.9 Å². The molecule has 6 nitrogen and oxygen atoms in total. The van der Waals surface area contributed by atoms with Crippen LogP contribution in [0.2, 0.25) is 0 Å². The van der Waals surface area contributed by atoms with E-state index >= 15 is 0 Å². The van der Waals surface area contributed by atoms with Gasteiger partial charge in [-0.3, -0.25) is 0 Å². The van der Waals surface area contributed by atoms with E-state index in [9.17, 15) is 0 Å². The summed E-state index contributed by atoms with van der Waals surface area (Å²) in [6.07, 6.45) is 8.02. The predicted molar refractivity (Wildman–Crippen MR) is 82.0 cm³/mol. The van der Waals surface area contributed by atoms with E-state index in [2.05, 4.69) is 36.9 Å². The Balaban J connectivity index is 1.55. The van der Waals surface area contributed by atoms with Crippen LogP contribution in [-0.4, -0.2) is 38.9 Å². The van der Waals surface area contributed by atoms with E-state index < -0.39 is 0 Å². The first-order valence-electron chi connectivity index (χ1n) is 7.63. The van der Waals surface area contributed by atoms with Crippen molar-refractivity contribution in [3.63, 3.8) is 0 Å². The van der Waals surface area contributed by atoms with Crippen molar-refractivity contribution in [1.29, 1.82) is 0 Å². The van der Waals surface area contributed by atoms with E-state index in [0.29, 0.717) is 6.04 Å². The third-order valence-electron chi connectivity index (χ3n) is 4.04. The lowest BCUT2D eigenvalue weighted by Gasteiger charge is -2.25. The number of rotatable bonds is 6. The summed E-state index contributed by atoms with van der Waals surface area (Å²) in [4.78, 5) is 6.75. The van der Waals surface area contributed by atoms with Crippen molar-refractivity contribution in [3.05, 3.63) is 36.5 Å². The summed E-state index contributed by atoms with van der Waals surface area (Å²) >= 11 is 0. The normalized spacial score (nSPS) is 18.3. The van der Waals surface area contributed by atoms with Crippen LogP contribution in [0.4, 0.5) is 5.82 Å². The number of nitrogens with one attached hydrogen (secondary N) is 1. The zero-order chi connectivity index (χ0) is 14.5. The first kappa shape index (κ1) is 14.0. The van der Waals surface area contributed by atoms with Crippen LogP contribution in [0, 0.1) is 0 Å². The lowest BCUT2D eigenvalue weighted by atomic mass is 10.2. The smallest absolute Gasteiger partial charge is 0.151 e. The number of anilines is 1. The molecule has 0 saturated carbocycles. The Morgan fingerprint density at radius 2 is 2.33 bits per heavy atom. The Kier molecular flexibility index (Phi) is 4.45. The largest absolute Gasteiger partial charge is 0.351 e. The van der Waals surface area contributed by atoms with Crippen LogP contribution in [0.5, 0.6) is 0 Å². The van der Waals surface area contributed by atoms with E-state index in [0.717, 1.165) is 37.8 Å². The van der Waals surface area contributed by atoms with Gasteiger partial charge in [-0.15, -0.1) is 5.10 Å². The fourth-order valence-electron chi connectivity index (χ4n) is 2.94. The van der Waals surface area contributed by atoms with Gasteiger partial charge in [-0.25, -0.2) is 4.98 Å². The second-order valence-corrected chi connectivity index (χ2v) is 5.33. The summed E-state index contributed by atoms with van der Waals surface area (Å²) in [5.74, 6) is 2.08. The maximum Gasteiger partial charge on any atom is 0.151 e. The molecule has 0 aliphatic carbocycles. The molecule has 0 amide bonds. The van der Waals surface area contributed by atoms with Crippen molar-refractivity contribution in [1.82, 2.24) is 25.1 Å². The van der Waals surface area contributed by atoms with Crippen molar-refractivity contribution < 1.29 is 0 Å². The lowest BCUT2D eigenvalue weighted by Crippen LogP contribution is -2.38. The number of hydrogen-bond donors (Lipinski definition) is 1. The zero-order valence-electron chi connectivity index (χ0n) is 12.4. The van der Waals surface area contributed by atoms with Crippen LogP contribution in [-0.2, 0) is 13.1 Å². The van der Waals surface area contributed by atoms with Gasteiger partial charge in [0.1, 0.15) is 5.82 Å². The fourth-order valence-corrected chi connectivity index (χ4v) is 2.94. The summed E-state index contributed by atoms with van der Waals surface area (Å²) in [6.45, 7) is 5.93. The molecule has 1 atom stereocenters. The highest BCUT2D eigenvalue weighted by Crippen LogP contribution is 2.22. The topological polar surface area (TPSA) is 58.9 Å². The molecule has 0 radical (unpaired) electrons. The zero-order valence-corrected chi connectivity index (χ0v) is 12.4. The summed E-state index contributed by atoms with van der Waals surface area (Å²) in [5, 5.41) is 11.7. The molecule has 21 heavy (non-hydrogen) atoms. The Morgan fingerprint density at radius 1 is 1.38 bits per heavy atom. The lowest BCUT2D eigenvalue weighted by molar-refractivity contribution is 0.546. The molecule has 6 heteroatoms. The van der Waals surface area contributed by atoms with Crippen LogP contribution in [0.3, 0.4) is 0 Å². The minimum atomic E-state index is 0.492. The third kappa shape index (κ3) is 3.21. The maximum atomic E-state index is 4.39. The van der Waals surface area contributed by atoms with Gasteiger partial charge in [-0.1, -0.05) is 0 Å². The minimum absolute atomic E-state index is 0.492. The van der Waals surface area contributed by atoms with Crippen LogP contribution in [0.25, 0.3) is 0 Å². The molecule has 0 unspecified atom stereocenters. The Morgan fingerprint density at radius 3 is 3.14 bits per heavy atom. The van der Waals surface area contributed by atoms with Crippen LogP contribution >= 0.6 is 0 Å². The van der Waals surface area contributed by atoms with Crippen LogP contribution < -0.4 is 10.2 Å². The Hall–Kier alpha value is -1.95. The highest BCUT2D eigenvalue weighted by atomic mass is 15.3. The van der Waals surface area contributed by atoms with Gasteiger partial charge in [0.15, 0.2) is 5.82 Å². The van der Waals surface area contributed by atoms with E-state index in [1.165, 1.54) is 12.8 Å². The molecule has 1 fully saturated rings. The van der Waals surface area contributed by atoms with Gasteiger partial charge >= 0.3 is 0 Å². The molecule has 1 aliphatic heterocycles. The highest BCUT2D eigenvalue weighted by molar-refractivity contribution is 5.39. The third-order valence-corrected chi connectivity index (χ3v) is 4.04. The number of aromatic nitrogens is 4. The van der Waals surface area contributed by atoms with Crippen molar-refractivity contribution in [2.24, 2.45) is 0 Å². The predicted octanol–water partition coefficient (Wildman–Crippen LogP) is 1.45. The number of nitrogens with zero attached hydrogens (tertiary/aromatic N) is 5. The number of imidazole rings is 1. The summed E-state index contributed by atoms with van der Waals surface area (Å²) in [7, 11) is 0. The van der Waals surface area contributed by atoms with Gasteiger partial charge in [0.2, 0.25) is 0 Å². The summed E-state index contributed by atoms with van der Waals surface area (Å²) < 4.78 is 2.17. The quantitative estimate of drug-likeness (QED) is 0.871. The molecule has 1 saturated heterocycles. The SMILES string of the molecule is CCn1ccnc1CNC[C@@H]1CCCN1c1cccnn1. The molecule has 3 heterocycles. The standard InChI is InChI=1S/C15H22N6/c1-2-20-10-8-17-15(20)12-16-11-13-5-4-9-21(13)14-6-3-7-18-19-14/h3,6-8,10,13,16H,2,4-5,9,11-12H2,1H3/t13-/m0/s1. The number of aryl methyl sites for hydroxylation is 1. The molecule has 3 rings (SSSR count). The molecular weight excluding hydrogens is 264 g/mol. The fraction of sp³-hybridized carbons (Fsp3) is 0.533. The Labute approximate surface area is 125 Å². The van der Waals surface area contributed by atoms with Gasteiger partial charge < -0.3 is 14.8 Å². The van der Waals surface area contributed by atoms with E-state index in [-0.39, 0.29) is 0 Å². The molecule has 1 aliphatic rings. The van der Waals surface area contributed by atoms with Gasteiger partial charge in [-0.05, 0) is 31.9 Å². The van der Waals surface area contributed by atoms with Crippen molar-refractivity contribution in [2.75, 3.05) is 18.0 Å². The molecule has 112 valence electrons. The maximum absolute atomic E-state index is 4.39. The van der Waals surface area contributed by atoms with E-state index in [1.54, 1.807) is 6.20 Å². The molecule has 2 aromatic heterocycles. The van der Waals surface area contributed by atoms with Crippen molar-refractivity contribution in [3.8, 4) is 0 Å². The molecule has 2 aromatic rings. The first-order valence-corrected chi connectivity index (χ1v) is 7.63. The average Bonchev–Trinajstić information content (AvgIpc) is 3.17. The van der Waals surface area contributed by atoms with Gasteiger partial charge in [0.25, 0.3) is 0 Å². The second-order valence-electron chi connectivity index (χ2n) is 5.33. The van der Waals surface area contributed by atoms with E-state index in [4.69, 9.17) is 0 Å². The van der Waals surface area contributed by atoms with Gasteiger partial charge in [0, 0.05) is 44.3 Å². The first-order chi connectivity index (χ1) is 10.4. The monoisotopic (exact) mass is 286 g/mol. The molecular formula is C15H22N6. The number of hydrogen-bond acceptors (Lipinski definition) is 5. The molecule has 0 spiro atoms. The van der Waals surface area contributed by atoms with Crippen LogP contribution in [0.15, 0.2) is 30.7 Å². The van der Waals surface area contributed by atoms with Crippen LogP contribution in [0.1, 0.15) is 25.6 Å². The highest BCUT2D eigenvalue weighted by Gasteiger charge is 2.25. The molecule has 0 bridgehead atoms. The van der Waals surface area contributed by atoms with Gasteiger partial charge in [0.05, 0.1) is 6.54 Å². The average molecular weight is 286 g/mol. The van der Waals surface area contributed by atoms with E-state index in [1.807, 2.05) is 24.5 Å². The molecule has 0 aromatic carbocycles. The van der Waals surface area contributed by atoms with Gasteiger partial charge in [-0.2, -0.15) is 5.10 Å². The Bertz CT molecular complexity index is 552.